The maximum Gasteiger partial charge on any atom is 0.333 e. The van der Waals surface area contributed by atoms with Gasteiger partial charge in [0.2, 0.25) is 5.88 Å². The SMILES string of the molecule is Cc1cncc(OCc2c(F)cccc2NC(=O)NN)n1. The van der Waals surface area contributed by atoms with Crippen molar-refractivity contribution in [3.8, 4) is 5.88 Å². The van der Waals surface area contributed by atoms with Gasteiger partial charge in [-0.3, -0.25) is 10.4 Å². The number of ether oxygens (including phenoxy) is 1. The molecule has 2 rings (SSSR count). The molecule has 0 unspecified atom stereocenters. The number of nitrogens with one attached hydrogen (secondary N) is 2. The summed E-state index contributed by atoms with van der Waals surface area (Å²) in [6, 6.07) is 3.62. The molecule has 2 amide bonds. The van der Waals surface area contributed by atoms with Crippen LogP contribution in [0, 0.1) is 12.7 Å². The van der Waals surface area contributed by atoms with Crippen molar-refractivity contribution in [1.82, 2.24) is 15.4 Å². The van der Waals surface area contributed by atoms with Gasteiger partial charge < -0.3 is 10.1 Å². The second-order valence-corrected chi connectivity index (χ2v) is 4.15. The number of halogens is 1. The van der Waals surface area contributed by atoms with E-state index in [0.717, 1.165) is 0 Å². The van der Waals surface area contributed by atoms with Crippen LogP contribution in [0.4, 0.5) is 14.9 Å². The lowest BCUT2D eigenvalue weighted by molar-refractivity contribution is 0.252. The molecule has 4 N–H and O–H groups in total. The summed E-state index contributed by atoms with van der Waals surface area (Å²) < 4.78 is 19.3. The van der Waals surface area contributed by atoms with Gasteiger partial charge in [-0.2, -0.15) is 0 Å². The Morgan fingerprint density at radius 2 is 2.24 bits per heavy atom. The smallest absolute Gasteiger partial charge is 0.333 e. The number of nitrogens with two attached hydrogens (primary N) is 1. The Kier molecular flexibility index (Phi) is 4.62. The van der Waals surface area contributed by atoms with Crippen molar-refractivity contribution in [3.05, 3.63) is 47.7 Å². The molecule has 0 fully saturated rings. The number of amides is 2. The van der Waals surface area contributed by atoms with E-state index in [0.29, 0.717) is 5.69 Å². The molecule has 1 heterocycles. The Morgan fingerprint density at radius 3 is 2.95 bits per heavy atom. The summed E-state index contributed by atoms with van der Waals surface area (Å²) in [5.74, 6) is 4.75. The number of anilines is 1. The van der Waals surface area contributed by atoms with Gasteiger partial charge in [-0.25, -0.2) is 20.0 Å². The molecule has 0 radical (unpaired) electrons. The Morgan fingerprint density at radius 1 is 1.43 bits per heavy atom. The molecule has 21 heavy (non-hydrogen) atoms. The standard InChI is InChI=1S/C13H14FN5O2/c1-8-5-16-6-12(17-8)21-7-9-10(14)3-2-4-11(9)18-13(20)19-15/h2-6H,7,15H2,1H3,(H2,18,19,20). The molecule has 8 heteroatoms. The van der Waals surface area contributed by atoms with Gasteiger partial charge in [0.05, 0.1) is 17.6 Å². The molecule has 2 aromatic rings. The quantitative estimate of drug-likeness (QED) is 0.450. The highest BCUT2D eigenvalue weighted by Crippen LogP contribution is 2.20. The van der Waals surface area contributed by atoms with Crippen LogP contribution in [0.1, 0.15) is 11.3 Å². The lowest BCUT2D eigenvalue weighted by Gasteiger charge is -2.12. The van der Waals surface area contributed by atoms with Gasteiger partial charge in [-0.15, -0.1) is 0 Å². The zero-order valence-electron chi connectivity index (χ0n) is 11.3. The first-order valence-corrected chi connectivity index (χ1v) is 6.06. The maximum absolute atomic E-state index is 13.9. The molecule has 0 aliphatic rings. The van der Waals surface area contributed by atoms with Crippen molar-refractivity contribution in [2.24, 2.45) is 5.84 Å². The second kappa shape index (κ2) is 6.62. The summed E-state index contributed by atoms with van der Waals surface area (Å²) in [5, 5.41) is 2.42. The number of benzene rings is 1. The minimum atomic E-state index is -0.655. The van der Waals surface area contributed by atoms with Gasteiger partial charge >= 0.3 is 6.03 Å². The summed E-state index contributed by atoms with van der Waals surface area (Å²) in [6.45, 7) is 1.66. The number of aromatic nitrogens is 2. The lowest BCUT2D eigenvalue weighted by atomic mass is 10.2. The maximum atomic E-state index is 13.9. The molecule has 0 aliphatic carbocycles. The van der Waals surface area contributed by atoms with E-state index in [1.54, 1.807) is 19.2 Å². The van der Waals surface area contributed by atoms with Crippen LogP contribution in [0.15, 0.2) is 30.6 Å². The Hall–Kier alpha value is -2.74. The highest BCUT2D eigenvalue weighted by Gasteiger charge is 2.12. The second-order valence-electron chi connectivity index (χ2n) is 4.15. The fourth-order valence-corrected chi connectivity index (χ4v) is 1.64. The molecule has 0 bridgehead atoms. The third-order valence-electron chi connectivity index (χ3n) is 2.60. The third-order valence-corrected chi connectivity index (χ3v) is 2.60. The van der Waals surface area contributed by atoms with E-state index in [9.17, 15) is 9.18 Å². The van der Waals surface area contributed by atoms with Crippen molar-refractivity contribution < 1.29 is 13.9 Å². The van der Waals surface area contributed by atoms with Crippen molar-refractivity contribution in [3.63, 3.8) is 0 Å². The van der Waals surface area contributed by atoms with Gasteiger partial charge in [0, 0.05) is 11.8 Å². The number of hydrogen-bond donors (Lipinski definition) is 3. The number of nitrogens with zero attached hydrogens (tertiary/aromatic N) is 2. The summed E-state index contributed by atoms with van der Waals surface area (Å²) >= 11 is 0. The average molecular weight is 291 g/mol. The van der Waals surface area contributed by atoms with Crippen LogP contribution in [0.5, 0.6) is 5.88 Å². The number of carbonyl (C=O) groups is 1. The number of hydrogen-bond acceptors (Lipinski definition) is 5. The minimum Gasteiger partial charge on any atom is -0.471 e. The van der Waals surface area contributed by atoms with Crippen molar-refractivity contribution in [2.75, 3.05) is 5.32 Å². The summed E-state index contributed by atoms with van der Waals surface area (Å²) in [4.78, 5) is 19.3. The predicted molar refractivity (Wildman–Crippen MR) is 73.8 cm³/mol. The molecular formula is C13H14FN5O2. The third kappa shape index (κ3) is 3.86. The van der Waals surface area contributed by atoms with E-state index in [-0.39, 0.29) is 23.7 Å². The molecule has 7 nitrogen and oxygen atoms in total. The van der Waals surface area contributed by atoms with Crippen LogP contribution < -0.4 is 21.3 Å². The van der Waals surface area contributed by atoms with E-state index in [2.05, 4.69) is 15.3 Å². The van der Waals surface area contributed by atoms with Crippen LogP contribution in [0.25, 0.3) is 0 Å². The van der Waals surface area contributed by atoms with E-state index in [4.69, 9.17) is 10.6 Å². The van der Waals surface area contributed by atoms with Crippen molar-refractivity contribution in [2.45, 2.75) is 13.5 Å². The van der Waals surface area contributed by atoms with Crippen molar-refractivity contribution >= 4 is 11.7 Å². The van der Waals surface area contributed by atoms with Crippen LogP contribution in [0.3, 0.4) is 0 Å². The molecule has 110 valence electrons. The fraction of sp³-hybridized carbons (Fsp3) is 0.154. The van der Waals surface area contributed by atoms with Gasteiger partial charge in [0.1, 0.15) is 12.4 Å². The van der Waals surface area contributed by atoms with E-state index >= 15 is 0 Å². The molecule has 0 saturated carbocycles. The average Bonchev–Trinajstić information content (AvgIpc) is 2.46. The Bertz CT molecular complexity index is 650. The molecule has 0 saturated heterocycles. The van der Waals surface area contributed by atoms with Crippen LogP contribution in [-0.2, 0) is 6.61 Å². The van der Waals surface area contributed by atoms with Gasteiger partial charge in [-0.1, -0.05) is 6.07 Å². The predicted octanol–water partition coefficient (Wildman–Crippen LogP) is 1.50. The van der Waals surface area contributed by atoms with Crippen LogP contribution >= 0.6 is 0 Å². The largest absolute Gasteiger partial charge is 0.471 e. The van der Waals surface area contributed by atoms with E-state index in [1.165, 1.54) is 18.3 Å². The highest BCUT2D eigenvalue weighted by molar-refractivity contribution is 5.89. The number of carbonyl (C=O) groups excluding carboxylic acids is 1. The molecule has 0 atom stereocenters. The zero-order chi connectivity index (χ0) is 15.2. The Labute approximate surface area is 120 Å². The fourth-order valence-electron chi connectivity index (χ4n) is 1.64. The highest BCUT2D eigenvalue weighted by atomic mass is 19.1. The van der Waals surface area contributed by atoms with Gasteiger partial charge in [0.25, 0.3) is 0 Å². The zero-order valence-corrected chi connectivity index (χ0v) is 11.3. The molecule has 0 aliphatic heterocycles. The first kappa shape index (κ1) is 14.7. The Balaban J connectivity index is 2.16. The molecule has 0 spiro atoms. The molecular weight excluding hydrogens is 277 g/mol. The summed E-state index contributed by atoms with van der Waals surface area (Å²) in [7, 11) is 0. The number of hydrazine groups is 1. The van der Waals surface area contributed by atoms with E-state index < -0.39 is 11.8 Å². The topological polar surface area (TPSA) is 102 Å². The summed E-state index contributed by atoms with van der Waals surface area (Å²) in [5.41, 5.74) is 3.04. The van der Waals surface area contributed by atoms with Crippen LogP contribution in [0.2, 0.25) is 0 Å². The molecule has 1 aromatic carbocycles. The summed E-state index contributed by atoms with van der Waals surface area (Å²) in [6.07, 6.45) is 3.00. The first-order chi connectivity index (χ1) is 10.1. The van der Waals surface area contributed by atoms with E-state index in [1.807, 2.05) is 5.43 Å². The van der Waals surface area contributed by atoms with Gasteiger partial charge in [0.15, 0.2) is 0 Å². The monoisotopic (exact) mass is 291 g/mol. The molecule has 1 aromatic heterocycles. The van der Waals surface area contributed by atoms with Gasteiger partial charge in [-0.05, 0) is 19.1 Å². The number of rotatable bonds is 4. The number of aryl methyl sites for hydroxylation is 1. The lowest BCUT2D eigenvalue weighted by Crippen LogP contribution is -2.34. The normalized spacial score (nSPS) is 10.0. The minimum absolute atomic E-state index is 0.106. The first-order valence-electron chi connectivity index (χ1n) is 6.06. The van der Waals surface area contributed by atoms with Crippen LogP contribution in [-0.4, -0.2) is 16.0 Å². The van der Waals surface area contributed by atoms with Crippen molar-refractivity contribution in [1.29, 1.82) is 0 Å². The number of urea groups is 1.